The summed E-state index contributed by atoms with van der Waals surface area (Å²) >= 11 is 0. The topological polar surface area (TPSA) is 133 Å². The molecule has 0 radical (unpaired) electrons. The molecule has 4 aromatic rings. The van der Waals surface area contributed by atoms with Crippen LogP contribution in [0.2, 0.25) is 0 Å². The molecule has 5 rings (SSSR count). The van der Waals surface area contributed by atoms with Gasteiger partial charge in [-0.2, -0.15) is 5.10 Å². The smallest absolute Gasteiger partial charge is 0.311 e. The number of nitro groups is 1. The summed E-state index contributed by atoms with van der Waals surface area (Å²) in [4.78, 5) is 36.0. The number of piperazine rings is 1. The first-order valence-corrected chi connectivity index (χ1v) is 10.4. The Labute approximate surface area is 188 Å². The minimum Gasteiger partial charge on any atom is -0.347 e. The molecule has 1 aliphatic rings. The zero-order valence-corrected chi connectivity index (χ0v) is 17.5. The van der Waals surface area contributed by atoms with Crippen molar-refractivity contribution in [3.63, 3.8) is 0 Å². The molecule has 1 fully saturated rings. The fraction of sp³-hybridized carbons (Fsp3) is 0.182. The van der Waals surface area contributed by atoms with Gasteiger partial charge < -0.3 is 15.1 Å². The van der Waals surface area contributed by atoms with E-state index in [1.165, 1.54) is 12.3 Å². The molecule has 2 N–H and O–H groups in total. The Morgan fingerprint density at radius 2 is 1.94 bits per heavy atom. The Morgan fingerprint density at radius 3 is 2.70 bits per heavy atom. The number of anilines is 3. The number of rotatable bonds is 5. The minimum absolute atomic E-state index is 0.0714. The molecule has 33 heavy (non-hydrogen) atoms. The SMILES string of the molecule is O=C(c1cccnc1)N1CCN(c2nc(Nc3ccc4[nH]ncc4c3)ccc2[N+](=O)[O-])CC1. The highest BCUT2D eigenvalue weighted by atomic mass is 16.6. The Morgan fingerprint density at radius 1 is 1.09 bits per heavy atom. The Balaban J connectivity index is 1.34. The normalized spacial score (nSPS) is 13.8. The van der Waals surface area contributed by atoms with Crippen LogP contribution in [-0.2, 0) is 0 Å². The van der Waals surface area contributed by atoms with Crippen molar-refractivity contribution in [2.45, 2.75) is 0 Å². The second-order valence-electron chi connectivity index (χ2n) is 7.61. The summed E-state index contributed by atoms with van der Waals surface area (Å²) in [6.07, 6.45) is 4.88. The monoisotopic (exact) mass is 444 g/mol. The predicted molar refractivity (Wildman–Crippen MR) is 123 cm³/mol. The number of hydrogen-bond donors (Lipinski definition) is 2. The van der Waals surface area contributed by atoms with Gasteiger partial charge in [0.1, 0.15) is 5.82 Å². The molecule has 1 aliphatic heterocycles. The van der Waals surface area contributed by atoms with Crippen LogP contribution < -0.4 is 10.2 Å². The Hall–Kier alpha value is -4.54. The van der Waals surface area contributed by atoms with E-state index >= 15 is 0 Å². The van der Waals surface area contributed by atoms with Gasteiger partial charge in [-0.15, -0.1) is 0 Å². The van der Waals surface area contributed by atoms with Crippen molar-refractivity contribution in [2.75, 3.05) is 36.4 Å². The number of carbonyl (C=O) groups excluding carboxylic acids is 1. The first-order valence-electron chi connectivity index (χ1n) is 10.4. The third-order valence-electron chi connectivity index (χ3n) is 5.54. The number of pyridine rings is 2. The van der Waals surface area contributed by atoms with E-state index in [2.05, 4.69) is 25.5 Å². The van der Waals surface area contributed by atoms with E-state index < -0.39 is 4.92 Å². The molecule has 11 heteroatoms. The van der Waals surface area contributed by atoms with E-state index in [0.717, 1.165) is 16.6 Å². The highest BCUT2D eigenvalue weighted by Gasteiger charge is 2.28. The molecule has 0 unspecified atom stereocenters. The molecule has 0 aliphatic carbocycles. The van der Waals surface area contributed by atoms with Crippen molar-refractivity contribution in [3.05, 3.63) is 76.7 Å². The number of carbonyl (C=O) groups is 1. The Kier molecular flexibility index (Phi) is 5.27. The molecular formula is C22H20N8O3. The summed E-state index contributed by atoms with van der Waals surface area (Å²) in [6.45, 7) is 1.73. The predicted octanol–water partition coefficient (Wildman–Crippen LogP) is 2.97. The fourth-order valence-corrected chi connectivity index (χ4v) is 3.85. The number of aromatic nitrogens is 4. The van der Waals surface area contributed by atoms with Crippen molar-refractivity contribution >= 4 is 39.8 Å². The lowest BCUT2D eigenvalue weighted by molar-refractivity contribution is -0.384. The maximum atomic E-state index is 12.7. The summed E-state index contributed by atoms with van der Waals surface area (Å²) in [7, 11) is 0. The van der Waals surface area contributed by atoms with Gasteiger partial charge in [-0.25, -0.2) is 4.98 Å². The van der Waals surface area contributed by atoms with Gasteiger partial charge >= 0.3 is 5.69 Å². The van der Waals surface area contributed by atoms with Crippen LogP contribution in [0, 0.1) is 10.1 Å². The van der Waals surface area contributed by atoms with Gasteiger partial charge in [0.2, 0.25) is 5.82 Å². The van der Waals surface area contributed by atoms with Crippen molar-refractivity contribution in [1.82, 2.24) is 25.1 Å². The van der Waals surface area contributed by atoms with Crippen LogP contribution >= 0.6 is 0 Å². The second kappa shape index (κ2) is 8.54. The van der Waals surface area contributed by atoms with Gasteiger partial charge in [-0.3, -0.25) is 25.0 Å². The fourth-order valence-electron chi connectivity index (χ4n) is 3.85. The molecule has 0 bridgehead atoms. The molecular weight excluding hydrogens is 424 g/mol. The number of aromatic amines is 1. The first-order chi connectivity index (χ1) is 16.1. The van der Waals surface area contributed by atoms with E-state index in [-0.39, 0.29) is 17.4 Å². The van der Waals surface area contributed by atoms with E-state index in [1.54, 1.807) is 35.5 Å². The maximum Gasteiger partial charge on any atom is 0.311 e. The van der Waals surface area contributed by atoms with E-state index in [4.69, 9.17) is 0 Å². The van der Waals surface area contributed by atoms with Crippen molar-refractivity contribution in [2.24, 2.45) is 0 Å². The molecule has 4 heterocycles. The summed E-state index contributed by atoms with van der Waals surface area (Å²) in [5, 5.41) is 22.7. The third kappa shape index (κ3) is 4.15. The number of amides is 1. The van der Waals surface area contributed by atoms with Crippen molar-refractivity contribution in [1.29, 1.82) is 0 Å². The molecule has 0 saturated carbocycles. The van der Waals surface area contributed by atoms with Gasteiger partial charge in [0.05, 0.1) is 22.2 Å². The van der Waals surface area contributed by atoms with E-state index in [9.17, 15) is 14.9 Å². The van der Waals surface area contributed by atoms with Crippen LogP contribution in [0.5, 0.6) is 0 Å². The van der Waals surface area contributed by atoms with Gasteiger partial charge in [0, 0.05) is 55.7 Å². The quantitative estimate of drug-likeness (QED) is 0.355. The number of H-pyrrole nitrogens is 1. The minimum atomic E-state index is -0.434. The van der Waals surface area contributed by atoms with E-state index in [1.807, 2.05) is 23.1 Å². The lowest BCUT2D eigenvalue weighted by Gasteiger charge is -2.35. The van der Waals surface area contributed by atoms with Gasteiger partial charge in [0.15, 0.2) is 0 Å². The number of nitrogens with zero attached hydrogens (tertiary/aromatic N) is 6. The summed E-state index contributed by atoms with van der Waals surface area (Å²) in [5.41, 5.74) is 2.16. The largest absolute Gasteiger partial charge is 0.347 e. The molecule has 1 aromatic carbocycles. The third-order valence-corrected chi connectivity index (χ3v) is 5.54. The molecule has 166 valence electrons. The lowest BCUT2D eigenvalue weighted by atomic mass is 10.2. The summed E-state index contributed by atoms with van der Waals surface area (Å²) in [5.74, 6) is 0.672. The zero-order chi connectivity index (χ0) is 22.8. The number of fused-ring (bicyclic) bond motifs is 1. The van der Waals surface area contributed by atoms with Crippen LogP contribution in [0.4, 0.5) is 23.0 Å². The number of nitrogens with one attached hydrogen (secondary N) is 2. The first kappa shape index (κ1) is 20.4. The average molecular weight is 444 g/mol. The van der Waals surface area contributed by atoms with Gasteiger partial charge in [0.25, 0.3) is 5.91 Å². The van der Waals surface area contributed by atoms with Gasteiger partial charge in [-0.1, -0.05) is 0 Å². The van der Waals surface area contributed by atoms with Crippen LogP contribution in [0.15, 0.2) is 61.1 Å². The van der Waals surface area contributed by atoms with Crippen molar-refractivity contribution < 1.29 is 9.72 Å². The molecule has 0 spiro atoms. The van der Waals surface area contributed by atoms with Crippen LogP contribution in [0.1, 0.15) is 10.4 Å². The maximum absolute atomic E-state index is 12.7. The molecule has 1 amide bonds. The van der Waals surface area contributed by atoms with Crippen LogP contribution in [0.3, 0.4) is 0 Å². The second-order valence-corrected chi connectivity index (χ2v) is 7.61. The van der Waals surface area contributed by atoms with Crippen LogP contribution in [0.25, 0.3) is 10.9 Å². The zero-order valence-electron chi connectivity index (χ0n) is 17.5. The molecule has 1 saturated heterocycles. The highest BCUT2D eigenvalue weighted by Crippen LogP contribution is 2.30. The highest BCUT2D eigenvalue weighted by molar-refractivity contribution is 5.94. The average Bonchev–Trinajstić information content (AvgIpc) is 3.32. The van der Waals surface area contributed by atoms with Crippen molar-refractivity contribution in [3.8, 4) is 0 Å². The number of hydrogen-bond acceptors (Lipinski definition) is 8. The molecule has 3 aromatic heterocycles. The summed E-state index contributed by atoms with van der Waals surface area (Å²) < 4.78 is 0. The summed E-state index contributed by atoms with van der Waals surface area (Å²) in [6, 6.07) is 12.2. The molecule has 11 nitrogen and oxygen atoms in total. The molecule has 0 atom stereocenters. The number of benzene rings is 1. The lowest BCUT2D eigenvalue weighted by Crippen LogP contribution is -2.49. The standard InChI is InChI=1S/C22H20N8O3/c31-22(15-2-1-7-23-13-15)29-10-8-28(9-11-29)21-19(30(32)33)5-6-20(26-21)25-17-3-4-18-16(12-17)14-24-27-18/h1-7,12-14H,8-11H2,(H,24,27)(H,25,26). The van der Waals surface area contributed by atoms with Crippen LogP contribution in [-0.4, -0.2) is 62.1 Å². The van der Waals surface area contributed by atoms with Gasteiger partial charge in [-0.05, 0) is 36.4 Å². The van der Waals surface area contributed by atoms with E-state index in [0.29, 0.717) is 37.6 Å². The Bertz CT molecular complexity index is 1320.